The molecule has 0 aromatic rings. The molecule has 0 saturated carbocycles. The van der Waals surface area contributed by atoms with Crippen LogP contribution in [0.1, 0.15) is 27.7 Å². The average molecular weight is 169 g/mol. The Labute approximate surface area is 75.3 Å². The van der Waals surface area contributed by atoms with Crippen molar-refractivity contribution in [3.05, 3.63) is 12.2 Å². The summed E-state index contributed by atoms with van der Waals surface area (Å²) in [5.41, 5.74) is 0.648. The van der Waals surface area contributed by atoms with Crippen LogP contribution < -0.4 is 0 Å². The Kier molecular flexibility index (Phi) is 4.83. The third kappa shape index (κ3) is 2.78. The molecule has 2 nitrogen and oxygen atoms in total. The third-order valence-corrected chi connectivity index (χ3v) is 2.16. The highest BCUT2D eigenvalue weighted by molar-refractivity contribution is 5.98. The molecule has 12 heavy (non-hydrogen) atoms. The number of ketones is 1. The van der Waals surface area contributed by atoms with Crippen molar-refractivity contribution in [2.75, 3.05) is 13.1 Å². The van der Waals surface area contributed by atoms with Crippen molar-refractivity contribution < 1.29 is 4.79 Å². The monoisotopic (exact) mass is 169 g/mol. The summed E-state index contributed by atoms with van der Waals surface area (Å²) in [6.07, 6.45) is 0. The molecule has 0 amide bonds. The zero-order valence-electron chi connectivity index (χ0n) is 8.55. The minimum absolute atomic E-state index is 0.0162. The number of hydrogen-bond acceptors (Lipinski definition) is 2. The van der Waals surface area contributed by atoms with Crippen LogP contribution in [0.5, 0.6) is 0 Å². The summed E-state index contributed by atoms with van der Waals surface area (Å²) in [7, 11) is 0. The Morgan fingerprint density at radius 3 is 2.08 bits per heavy atom. The third-order valence-electron chi connectivity index (χ3n) is 2.16. The van der Waals surface area contributed by atoms with E-state index in [0.29, 0.717) is 5.57 Å². The Hall–Kier alpha value is -0.630. The van der Waals surface area contributed by atoms with Gasteiger partial charge in [0.1, 0.15) is 0 Å². The van der Waals surface area contributed by atoms with Gasteiger partial charge >= 0.3 is 0 Å². The molecule has 0 aromatic heterocycles. The Morgan fingerprint density at radius 1 is 1.42 bits per heavy atom. The van der Waals surface area contributed by atoms with Crippen LogP contribution >= 0.6 is 0 Å². The maximum Gasteiger partial charge on any atom is 0.174 e. The van der Waals surface area contributed by atoms with Gasteiger partial charge in [-0.05, 0) is 32.5 Å². The van der Waals surface area contributed by atoms with E-state index >= 15 is 0 Å². The van der Waals surface area contributed by atoms with Crippen LogP contribution in [0.25, 0.3) is 0 Å². The topological polar surface area (TPSA) is 20.3 Å². The van der Waals surface area contributed by atoms with Crippen molar-refractivity contribution in [2.24, 2.45) is 0 Å². The molecule has 0 aliphatic heterocycles. The SMILES string of the molecule is C=C(C)C(=O)C(C)N(CC)CC. The first kappa shape index (κ1) is 11.4. The second-order valence-corrected chi connectivity index (χ2v) is 3.04. The number of likely N-dealkylation sites (N-methyl/N-ethyl adjacent to an activating group) is 1. The van der Waals surface area contributed by atoms with Gasteiger partial charge in [0.05, 0.1) is 6.04 Å². The summed E-state index contributed by atoms with van der Waals surface area (Å²) in [6, 6.07) is -0.0162. The molecule has 0 rings (SSSR count). The van der Waals surface area contributed by atoms with Crippen LogP contribution in [0.2, 0.25) is 0 Å². The fourth-order valence-electron chi connectivity index (χ4n) is 1.29. The molecule has 70 valence electrons. The van der Waals surface area contributed by atoms with E-state index in [1.165, 1.54) is 0 Å². The number of rotatable bonds is 5. The van der Waals surface area contributed by atoms with Crippen molar-refractivity contribution >= 4 is 5.78 Å². The van der Waals surface area contributed by atoms with Gasteiger partial charge in [-0.15, -0.1) is 0 Å². The zero-order valence-corrected chi connectivity index (χ0v) is 8.55. The van der Waals surface area contributed by atoms with Crippen molar-refractivity contribution in [3.8, 4) is 0 Å². The lowest BCUT2D eigenvalue weighted by Gasteiger charge is -2.24. The van der Waals surface area contributed by atoms with E-state index in [2.05, 4.69) is 25.3 Å². The van der Waals surface area contributed by atoms with Crippen LogP contribution in [0.15, 0.2) is 12.2 Å². The van der Waals surface area contributed by atoms with Gasteiger partial charge in [0, 0.05) is 0 Å². The molecule has 0 saturated heterocycles. The zero-order chi connectivity index (χ0) is 9.72. The van der Waals surface area contributed by atoms with Gasteiger partial charge in [0.15, 0.2) is 5.78 Å². The van der Waals surface area contributed by atoms with Gasteiger partial charge in [-0.25, -0.2) is 0 Å². The molecule has 0 N–H and O–H groups in total. The summed E-state index contributed by atoms with van der Waals surface area (Å²) in [4.78, 5) is 13.6. The van der Waals surface area contributed by atoms with Gasteiger partial charge in [0.25, 0.3) is 0 Å². The first-order valence-electron chi connectivity index (χ1n) is 4.48. The van der Waals surface area contributed by atoms with E-state index in [0.717, 1.165) is 13.1 Å². The summed E-state index contributed by atoms with van der Waals surface area (Å²) in [6.45, 7) is 13.3. The maximum atomic E-state index is 11.5. The average Bonchev–Trinajstić information content (AvgIpc) is 2.05. The molecule has 2 heteroatoms. The molecule has 0 bridgehead atoms. The number of nitrogens with zero attached hydrogens (tertiary/aromatic N) is 1. The number of hydrogen-bond donors (Lipinski definition) is 0. The number of carbonyl (C=O) groups is 1. The molecular weight excluding hydrogens is 150 g/mol. The van der Waals surface area contributed by atoms with Gasteiger partial charge < -0.3 is 0 Å². The first-order chi connectivity index (χ1) is 5.54. The fraction of sp³-hybridized carbons (Fsp3) is 0.700. The van der Waals surface area contributed by atoms with Crippen LogP contribution in [0, 0.1) is 0 Å². The van der Waals surface area contributed by atoms with Gasteiger partial charge in [-0.2, -0.15) is 0 Å². The van der Waals surface area contributed by atoms with E-state index in [-0.39, 0.29) is 11.8 Å². The maximum absolute atomic E-state index is 11.5. The van der Waals surface area contributed by atoms with Crippen molar-refractivity contribution in [1.29, 1.82) is 0 Å². The quantitative estimate of drug-likeness (QED) is 0.585. The largest absolute Gasteiger partial charge is 0.294 e. The standard InChI is InChI=1S/C10H19NO/c1-6-11(7-2)9(5)10(12)8(3)4/h9H,3,6-7H2,1-2,4-5H3. The van der Waals surface area contributed by atoms with Crippen LogP contribution in [-0.2, 0) is 4.79 Å². The summed E-state index contributed by atoms with van der Waals surface area (Å²) in [5.74, 6) is 0.152. The minimum atomic E-state index is -0.0162. The first-order valence-corrected chi connectivity index (χ1v) is 4.48. The normalized spacial score (nSPS) is 13.1. The highest BCUT2D eigenvalue weighted by atomic mass is 16.1. The Morgan fingerprint density at radius 2 is 1.83 bits per heavy atom. The molecule has 0 aromatic carbocycles. The van der Waals surface area contributed by atoms with E-state index < -0.39 is 0 Å². The van der Waals surface area contributed by atoms with Crippen LogP contribution in [0.3, 0.4) is 0 Å². The molecule has 0 spiro atoms. The molecular formula is C10H19NO. The molecule has 0 fully saturated rings. The predicted molar refractivity (Wildman–Crippen MR) is 52.2 cm³/mol. The van der Waals surface area contributed by atoms with Crippen LogP contribution in [-0.4, -0.2) is 29.8 Å². The van der Waals surface area contributed by atoms with Gasteiger partial charge in [-0.3, -0.25) is 9.69 Å². The summed E-state index contributed by atoms with van der Waals surface area (Å²) >= 11 is 0. The molecule has 0 heterocycles. The second-order valence-electron chi connectivity index (χ2n) is 3.04. The predicted octanol–water partition coefficient (Wildman–Crippen LogP) is 1.86. The van der Waals surface area contributed by atoms with E-state index in [1.807, 2.05) is 6.92 Å². The van der Waals surface area contributed by atoms with Gasteiger partial charge in [0.2, 0.25) is 0 Å². The lowest BCUT2D eigenvalue weighted by Crippen LogP contribution is -2.38. The number of Topliss-reactive ketones (excluding diaryl/α,β-unsaturated/α-hetero) is 1. The van der Waals surface area contributed by atoms with E-state index in [4.69, 9.17) is 0 Å². The Bertz CT molecular complexity index is 171. The lowest BCUT2D eigenvalue weighted by atomic mass is 10.1. The highest BCUT2D eigenvalue weighted by Crippen LogP contribution is 2.04. The lowest BCUT2D eigenvalue weighted by molar-refractivity contribution is -0.119. The minimum Gasteiger partial charge on any atom is -0.294 e. The highest BCUT2D eigenvalue weighted by Gasteiger charge is 2.18. The van der Waals surface area contributed by atoms with E-state index in [1.54, 1.807) is 6.92 Å². The smallest absolute Gasteiger partial charge is 0.174 e. The summed E-state index contributed by atoms with van der Waals surface area (Å²) in [5, 5.41) is 0. The van der Waals surface area contributed by atoms with Crippen molar-refractivity contribution in [1.82, 2.24) is 4.90 Å². The molecule has 0 radical (unpaired) electrons. The number of carbonyl (C=O) groups excluding carboxylic acids is 1. The van der Waals surface area contributed by atoms with Gasteiger partial charge in [-0.1, -0.05) is 20.4 Å². The van der Waals surface area contributed by atoms with E-state index in [9.17, 15) is 4.79 Å². The molecule has 1 unspecified atom stereocenters. The van der Waals surface area contributed by atoms with Crippen molar-refractivity contribution in [2.45, 2.75) is 33.7 Å². The fourth-order valence-corrected chi connectivity index (χ4v) is 1.29. The van der Waals surface area contributed by atoms with Crippen LogP contribution in [0.4, 0.5) is 0 Å². The molecule has 1 atom stereocenters. The summed E-state index contributed by atoms with van der Waals surface area (Å²) < 4.78 is 0. The molecule has 0 aliphatic rings. The Balaban J connectivity index is 4.25. The molecule has 0 aliphatic carbocycles. The second kappa shape index (κ2) is 5.09. The van der Waals surface area contributed by atoms with Crippen molar-refractivity contribution in [3.63, 3.8) is 0 Å².